The van der Waals surface area contributed by atoms with Gasteiger partial charge in [-0.25, -0.2) is 0 Å². The Kier molecular flexibility index (Phi) is 3.10. The van der Waals surface area contributed by atoms with Crippen molar-refractivity contribution in [1.82, 2.24) is 0 Å². The Morgan fingerprint density at radius 3 is 2.30 bits per heavy atom. The first-order chi connectivity index (χ1) is 4.45. The second-order valence-corrected chi connectivity index (χ2v) is 2.93. The van der Waals surface area contributed by atoms with Crippen molar-refractivity contribution in [2.75, 3.05) is 0 Å². The van der Waals surface area contributed by atoms with E-state index in [0.717, 1.165) is 5.57 Å². The van der Waals surface area contributed by atoms with Crippen molar-refractivity contribution in [3.05, 3.63) is 37.0 Å². The molecule has 1 nitrogen and oxygen atoms in total. The summed E-state index contributed by atoms with van der Waals surface area (Å²) in [6.45, 7) is 11.1. The van der Waals surface area contributed by atoms with E-state index in [1.165, 1.54) is 0 Å². The molecule has 2 N–H and O–H groups in total. The third-order valence-corrected chi connectivity index (χ3v) is 0.989. The highest BCUT2D eigenvalue weighted by atomic mass is 14.7. The molecule has 0 aromatic heterocycles. The minimum absolute atomic E-state index is 0.258. The smallest absolute Gasteiger partial charge is 0.0284 e. The van der Waals surface area contributed by atoms with Gasteiger partial charge >= 0.3 is 0 Å². The molecule has 0 saturated heterocycles. The van der Waals surface area contributed by atoms with Crippen molar-refractivity contribution in [3.8, 4) is 0 Å². The Morgan fingerprint density at radius 2 is 2.00 bits per heavy atom. The highest BCUT2D eigenvalue weighted by Gasteiger charge is 2.02. The first kappa shape index (κ1) is 9.18. The van der Waals surface area contributed by atoms with Crippen LogP contribution in [0.15, 0.2) is 37.0 Å². The molecular weight excluding hydrogens is 122 g/mol. The van der Waals surface area contributed by atoms with Gasteiger partial charge in [-0.3, -0.25) is 0 Å². The largest absolute Gasteiger partial charge is 0.322 e. The predicted molar refractivity (Wildman–Crippen MR) is 46.7 cm³/mol. The van der Waals surface area contributed by atoms with Gasteiger partial charge in [-0.1, -0.05) is 31.4 Å². The third-order valence-electron chi connectivity index (χ3n) is 0.989. The molecule has 0 aliphatic carbocycles. The zero-order chi connectivity index (χ0) is 8.20. The third kappa shape index (κ3) is 5.32. The lowest BCUT2D eigenvalue weighted by atomic mass is 10.1. The fraction of sp³-hybridized carbons (Fsp3) is 0.333. The van der Waals surface area contributed by atoms with E-state index < -0.39 is 0 Å². The number of nitrogens with two attached hydrogens (primary N) is 1. The second-order valence-electron chi connectivity index (χ2n) is 2.93. The highest BCUT2D eigenvalue weighted by Crippen LogP contribution is 2.01. The van der Waals surface area contributed by atoms with E-state index in [0.29, 0.717) is 0 Å². The zero-order valence-corrected chi connectivity index (χ0v) is 6.72. The lowest BCUT2D eigenvalue weighted by molar-refractivity contribution is 0.654. The molecule has 0 heterocycles. The zero-order valence-electron chi connectivity index (χ0n) is 6.72. The summed E-state index contributed by atoms with van der Waals surface area (Å²) >= 11 is 0. The van der Waals surface area contributed by atoms with E-state index in [2.05, 4.69) is 13.2 Å². The van der Waals surface area contributed by atoms with Gasteiger partial charge in [0.2, 0.25) is 0 Å². The van der Waals surface area contributed by atoms with E-state index in [1.54, 1.807) is 6.08 Å². The number of hydrogen-bond donors (Lipinski definition) is 1. The van der Waals surface area contributed by atoms with Crippen LogP contribution in [-0.4, -0.2) is 5.54 Å². The Balaban J connectivity index is 4.00. The molecular formula is C9H15N. The number of hydrogen-bond acceptors (Lipinski definition) is 1. The summed E-state index contributed by atoms with van der Waals surface area (Å²) in [7, 11) is 0. The Hall–Kier alpha value is -0.820. The first-order valence-electron chi connectivity index (χ1n) is 3.25. The van der Waals surface area contributed by atoms with Crippen LogP contribution in [0, 0.1) is 0 Å². The van der Waals surface area contributed by atoms with Crippen LogP contribution >= 0.6 is 0 Å². The fourth-order valence-corrected chi connectivity index (χ4v) is 0.390. The van der Waals surface area contributed by atoms with Crippen molar-refractivity contribution in [2.45, 2.75) is 19.4 Å². The van der Waals surface area contributed by atoms with Crippen LogP contribution in [-0.2, 0) is 0 Å². The van der Waals surface area contributed by atoms with Crippen LogP contribution in [0.2, 0.25) is 0 Å². The molecule has 1 heteroatoms. The summed E-state index contributed by atoms with van der Waals surface area (Å²) in [6, 6.07) is 0. The van der Waals surface area contributed by atoms with Crippen molar-refractivity contribution in [2.24, 2.45) is 5.73 Å². The number of allylic oxidation sites excluding steroid dienone is 3. The van der Waals surface area contributed by atoms with Crippen molar-refractivity contribution in [3.63, 3.8) is 0 Å². The molecule has 10 heavy (non-hydrogen) atoms. The van der Waals surface area contributed by atoms with Crippen LogP contribution in [0.1, 0.15) is 13.8 Å². The Bertz CT molecular complexity index is 158. The summed E-state index contributed by atoms with van der Waals surface area (Å²) < 4.78 is 0. The van der Waals surface area contributed by atoms with Crippen molar-refractivity contribution in [1.29, 1.82) is 0 Å². The maximum Gasteiger partial charge on any atom is 0.0284 e. The molecule has 0 aliphatic rings. The summed E-state index contributed by atoms with van der Waals surface area (Å²) in [4.78, 5) is 0. The topological polar surface area (TPSA) is 26.0 Å². The molecule has 0 amide bonds. The minimum atomic E-state index is -0.258. The van der Waals surface area contributed by atoms with Crippen LogP contribution in [0.25, 0.3) is 0 Å². The van der Waals surface area contributed by atoms with Crippen LogP contribution in [0.3, 0.4) is 0 Å². The lowest BCUT2D eigenvalue weighted by Crippen LogP contribution is -2.28. The maximum absolute atomic E-state index is 5.68. The molecule has 0 fully saturated rings. The summed E-state index contributed by atoms with van der Waals surface area (Å²) in [5, 5.41) is 0. The van der Waals surface area contributed by atoms with Gasteiger partial charge in [0.05, 0.1) is 0 Å². The molecule has 0 atom stereocenters. The second kappa shape index (κ2) is 3.37. The standard InChI is InChI=1S/C9H15N/c1-5-8(2)6-7-9(3,4)10/h5-7H,1-2,10H2,3-4H3/b7-6-. The summed E-state index contributed by atoms with van der Waals surface area (Å²) in [6.07, 6.45) is 5.46. The van der Waals surface area contributed by atoms with Crippen LogP contribution in [0.4, 0.5) is 0 Å². The first-order valence-corrected chi connectivity index (χ1v) is 3.25. The highest BCUT2D eigenvalue weighted by molar-refractivity contribution is 5.27. The van der Waals surface area contributed by atoms with Gasteiger partial charge in [0.25, 0.3) is 0 Å². The van der Waals surface area contributed by atoms with Crippen LogP contribution in [0.5, 0.6) is 0 Å². The molecule has 0 radical (unpaired) electrons. The maximum atomic E-state index is 5.68. The van der Waals surface area contributed by atoms with Gasteiger partial charge < -0.3 is 5.73 Å². The van der Waals surface area contributed by atoms with Gasteiger partial charge in [-0.05, 0) is 19.4 Å². The van der Waals surface area contributed by atoms with Crippen LogP contribution < -0.4 is 5.73 Å². The SMILES string of the molecule is C=CC(=C)/C=C\C(C)(C)N. The number of rotatable bonds is 3. The van der Waals surface area contributed by atoms with E-state index in [1.807, 2.05) is 26.0 Å². The van der Waals surface area contributed by atoms with Gasteiger partial charge in [0.15, 0.2) is 0 Å². The normalized spacial score (nSPS) is 11.9. The van der Waals surface area contributed by atoms with Crippen molar-refractivity contribution >= 4 is 0 Å². The predicted octanol–water partition coefficient (Wildman–Crippen LogP) is 2.02. The summed E-state index contributed by atoms with van der Waals surface area (Å²) in [5.41, 5.74) is 6.31. The molecule has 0 aromatic rings. The average molecular weight is 137 g/mol. The monoisotopic (exact) mass is 137 g/mol. The molecule has 0 saturated carbocycles. The van der Waals surface area contributed by atoms with Gasteiger partial charge in [-0.2, -0.15) is 0 Å². The van der Waals surface area contributed by atoms with Gasteiger partial charge in [0, 0.05) is 5.54 Å². The quantitative estimate of drug-likeness (QED) is 0.592. The molecule has 0 bridgehead atoms. The average Bonchev–Trinajstić information content (AvgIpc) is 1.81. The van der Waals surface area contributed by atoms with E-state index in [4.69, 9.17) is 5.73 Å². The lowest BCUT2D eigenvalue weighted by Gasteiger charge is -2.11. The molecule has 0 spiro atoms. The minimum Gasteiger partial charge on any atom is -0.322 e. The van der Waals surface area contributed by atoms with E-state index in [9.17, 15) is 0 Å². The van der Waals surface area contributed by atoms with Gasteiger partial charge in [-0.15, -0.1) is 0 Å². The van der Waals surface area contributed by atoms with E-state index >= 15 is 0 Å². The molecule has 56 valence electrons. The van der Waals surface area contributed by atoms with E-state index in [-0.39, 0.29) is 5.54 Å². The molecule has 0 aromatic carbocycles. The Morgan fingerprint density at radius 1 is 1.50 bits per heavy atom. The molecule has 0 unspecified atom stereocenters. The van der Waals surface area contributed by atoms with Gasteiger partial charge in [0.1, 0.15) is 0 Å². The fourth-order valence-electron chi connectivity index (χ4n) is 0.390. The summed E-state index contributed by atoms with van der Waals surface area (Å²) in [5.74, 6) is 0. The van der Waals surface area contributed by atoms with Crippen molar-refractivity contribution < 1.29 is 0 Å². The Labute approximate surface area is 62.9 Å². The molecule has 0 aliphatic heterocycles. The molecule has 0 rings (SSSR count).